The number of likely N-dealkylation sites (tertiary alicyclic amines) is 1. The fourth-order valence-corrected chi connectivity index (χ4v) is 1.34. The van der Waals surface area contributed by atoms with E-state index >= 15 is 0 Å². The molecule has 1 amide bonds. The Kier molecular flexibility index (Phi) is 3.46. The van der Waals surface area contributed by atoms with Gasteiger partial charge >= 0.3 is 5.97 Å². The van der Waals surface area contributed by atoms with Crippen molar-refractivity contribution in [2.45, 2.75) is 25.8 Å². The molecule has 5 nitrogen and oxygen atoms in total. The highest BCUT2D eigenvalue weighted by atomic mass is 16.4. The van der Waals surface area contributed by atoms with Crippen LogP contribution in [0.2, 0.25) is 0 Å². The molecular formula is C9H16N2O3. The van der Waals surface area contributed by atoms with Crippen LogP contribution in [0.5, 0.6) is 0 Å². The zero-order valence-corrected chi connectivity index (χ0v) is 8.27. The predicted octanol–water partition coefficient (Wildman–Crippen LogP) is -0.343. The van der Waals surface area contributed by atoms with Crippen molar-refractivity contribution in [3.05, 3.63) is 0 Å². The number of aliphatic carboxylic acids is 1. The molecule has 0 bridgehead atoms. The molecule has 1 heterocycles. The van der Waals surface area contributed by atoms with Crippen molar-refractivity contribution in [2.75, 3.05) is 13.1 Å². The molecule has 1 saturated heterocycles. The first kappa shape index (κ1) is 11.0. The summed E-state index contributed by atoms with van der Waals surface area (Å²) in [5, 5.41) is 8.60. The molecule has 1 aliphatic rings. The molecule has 5 heteroatoms. The molecule has 1 atom stereocenters. The number of rotatable bonds is 4. The third-order valence-electron chi connectivity index (χ3n) is 2.54. The van der Waals surface area contributed by atoms with E-state index in [0.717, 1.165) is 6.42 Å². The van der Waals surface area contributed by atoms with Gasteiger partial charge in [0.25, 0.3) is 0 Å². The molecule has 0 radical (unpaired) electrons. The van der Waals surface area contributed by atoms with Crippen molar-refractivity contribution in [3.63, 3.8) is 0 Å². The summed E-state index contributed by atoms with van der Waals surface area (Å²) >= 11 is 0. The van der Waals surface area contributed by atoms with E-state index < -0.39 is 5.97 Å². The smallest absolute Gasteiger partial charge is 0.310 e. The molecule has 3 N–H and O–H groups in total. The summed E-state index contributed by atoms with van der Waals surface area (Å²) in [6, 6.07) is -0.105. The lowest BCUT2D eigenvalue weighted by atomic mass is 9.99. The summed E-state index contributed by atoms with van der Waals surface area (Å²) in [6.45, 7) is 2.60. The minimum Gasteiger partial charge on any atom is -0.481 e. The molecule has 1 rings (SSSR count). The van der Waals surface area contributed by atoms with Crippen LogP contribution in [0.3, 0.4) is 0 Å². The van der Waals surface area contributed by atoms with E-state index in [1.54, 1.807) is 4.90 Å². The average molecular weight is 200 g/mol. The minimum absolute atomic E-state index is 0.0307. The van der Waals surface area contributed by atoms with Crippen LogP contribution >= 0.6 is 0 Å². The second-order valence-corrected chi connectivity index (χ2v) is 3.71. The Balaban J connectivity index is 2.26. The molecular weight excluding hydrogens is 184 g/mol. The number of carboxylic acid groups (broad SMARTS) is 1. The summed E-state index contributed by atoms with van der Waals surface area (Å²) in [5.74, 6) is -1.23. The first-order chi connectivity index (χ1) is 6.54. The third-order valence-corrected chi connectivity index (χ3v) is 2.54. The van der Waals surface area contributed by atoms with Crippen molar-refractivity contribution in [2.24, 2.45) is 11.7 Å². The van der Waals surface area contributed by atoms with Crippen LogP contribution in [0.1, 0.15) is 19.8 Å². The van der Waals surface area contributed by atoms with Crippen LogP contribution < -0.4 is 5.73 Å². The highest BCUT2D eigenvalue weighted by molar-refractivity contribution is 5.81. The van der Waals surface area contributed by atoms with Gasteiger partial charge in [0.05, 0.1) is 5.92 Å². The van der Waals surface area contributed by atoms with E-state index in [9.17, 15) is 9.59 Å². The van der Waals surface area contributed by atoms with Gasteiger partial charge in [0.1, 0.15) is 0 Å². The first-order valence-electron chi connectivity index (χ1n) is 4.80. The average Bonchev–Trinajstić information content (AvgIpc) is 2.00. The van der Waals surface area contributed by atoms with E-state index in [1.807, 2.05) is 6.92 Å². The van der Waals surface area contributed by atoms with Crippen LogP contribution in [0, 0.1) is 5.92 Å². The molecule has 1 aliphatic heterocycles. The van der Waals surface area contributed by atoms with Gasteiger partial charge in [-0.2, -0.15) is 0 Å². The summed E-state index contributed by atoms with van der Waals surface area (Å²) in [4.78, 5) is 23.4. The van der Waals surface area contributed by atoms with Gasteiger partial charge in [-0.1, -0.05) is 6.92 Å². The molecule has 0 aromatic rings. The van der Waals surface area contributed by atoms with Gasteiger partial charge in [-0.3, -0.25) is 9.59 Å². The number of amides is 1. The van der Waals surface area contributed by atoms with Crippen LogP contribution in [-0.4, -0.2) is 41.0 Å². The van der Waals surface area contributed by atoms with E-state index in [-0.39, 0.29) is 17.9 Å². The monoisotopic (exact) mass is 200 g/mol. The Morgan fingerprint density at radius 1 is 1.57 bits per heavy atom. The molecule has 1 unspecified atom stereocenters. The molecule has 0 spiro atoms. The van der Waals surface area contributed by atoms with Crippen molar-refractivity contribution in [1.82, 2.24) is 4.90 Å². The molecule has 0 aromatic heterocycles. The van der Waals surface area contributed by atoms with Gasteiger partial charge in [0, 0.05) is 25.6 Å². The molecule has 0 aromatic carbocycles. The summed E-state index contributed by atoms with van der Waals surface area (Å²) < 4.78 is 0. The molecule has 0 aliphatic carbocycles. The summed E-state index contributed by atoms with van der Waals surface area (Å²) in [6.07, 6.45) is 1.09. The number of carbonyl (C=O) groups excluding carboxylic acids is 1. The zero-order chi connectivity index (χ0) is 10.7. The number of hydrogen-bond acceptors (Lipinski definition) is 3. The number of carboxylic acids is 1. The van der Waals surface area contributed by atoms with Gasteiger partial charge in [-0.25, -0.2) is 0 Å². The molecule has 0 saturated carbocycles. The minimum atomic E-state index is -0.825. The molecule has 80 valence electrons. The van der Waals surface area contributed by atoms with Crippen molar-refractivity contribution < 1.29 is 14.7 Å². The maximum absolute atomic E-state index is 11.4. The Morgan fingerprint density at radius 3 is 2.57 bits per heavy atom. The van der Waals surface area contributed by atoms with E-state index in [2.05, 4.69) is 0 Å². The largest absolute Gasteiger partial charge is 0.481 e. The van der Waals surface area contributed by atoms with Crippen LogP contribution in [0.25, 0.3) is 0 Å². The normalized spacial score (nSPS) is 18.9. The summed E-state index contributed by atoms with van der Waals surface area (Å²) in [5.41, 5.74) is 5.62. The van der Waals surface area contributed by atoms with Gasteiger partial charge in [0.2, 0.25) is 5.91 Å². The van der Waals surface area contributed by atoms with E-state index in [1.165, 1.54) is 0 Å². The quantitative estimate of drug-likeness (QED) is 0.650. The lowest BCUT2D eigenvalue weighted by molar-refractivity contribution is -0.152. The van der Waals surface area contributed by atoms with Crippen molar-refractivity contribution in [1.29, 1.82) is 0 Å². The zero-order valence-electron chi connectivity index (χ0n) is 8.27. The lowest BCUT2D eigenvalue weighted by Crippen LogP contribution is -2.53. The number of nitrogens with two attached hydrogens (primary N) is 1. The standard InChI is InChI=1S/C9H16N2O3/c1-2-7(10)3-8(12)11-4-6(5-11)9(13)14/h6-7H,2-5,10H2,1H3,(H,13,14). The van der Waals surface area contributed by atoms with Gasteiger partial charge in [0.15, 0.2) is 0 Å². The fourth-order valence-electron chi connectivity index (χ4n) is 1.34. The fraction of sp³-hybridized carbons (Fsp3) is 0.778. The highest BCUT2D eigenvalue weighted by Crippen LogP contribution is 2.17. The molecule has 14 heavy (non-hydrogen) atoms. The first-order valence-corrected chi connectivity index (χ1v) is 4.80. The van der Waals surface area contributed by atoms with Crippen molar-refractivity contribution >= 4 is 11.9 Å². The van der Waals surface area contributed by atoms with E-state index in [4.69, 9.17) is 10.8 Å². The number of nitrogens with zero attached hydrogens (tertiary/aromatic N) is 1. The van der Waals surface area contributed by atoms with Gasteiger partial charge in [-0.15, -0.1) is 0 Å². The van der Waals surface area contributed by atoms with E-state index in [0.29, 0.717) is 19.5 Å². The van der Waals surface area contributed by atoms with Gasteiger partial charge < -0.3 is 15.7 Å². The Hall–Kier alpha value is -1.10. The maximum atomic E-state index is 11.4. The van der Waals surface area contributed by atoms with Crippen LogP contribution in [-0.2, 0) is 9.59 Å². The Morgan fingerprint density at radius 2 is 2.14 bits per heavy atom. The Bertz CT molecular complexity index is 236. The summed E-state index contributed by atoms with van der Waals surface area (Å²) in [7, 11) is 0. The lowest BCUT2D eigenvalue weighted by Gasteiger charge is -2.37. The maximum Gasteiger partial charge on any atom is 0.310 e. The predicted molar refractivity (Wildman–Crippen MR) is 50.6 cm³/mol. The highest BCUT2D eigenvalue weighted by Gasteiger charge is 2.35. The number of carbonyl (C=O) groups is 2. The Labute approximate surface area is 82.9 Å². The van der Waals surface area contributed by atoms with Crippen LogP contribution in [0.15, 0.2) is 0 Å². The van der Waals surface area contributed by atoms with Crippen LogP contribution in [0.4, 0.5) is 0 Å². The second kappa shape index (κ2) is 4.41. The van der Waals surface area contributed by atoms with Gasteiger partial charge in [-0.05, 0) is 6.42 Å². The SMILES string of the molecule is CCC(N)CC(=O)N1CC(C(=O)O)C1. The third kappa shape index (κ3) is 2.45. The molecule has 1 fully saturated rings. The number of hydrogen-bond donors (Lipinski definition) is 2. The second-order valence-electron chi connectivity index (χ2n) is 3.71. The topological polar surface area (TPSA) is 83.6 Å². The van der Waals surface area contributed by atoms with Crippen molar-refractivity contribution in [3.8, 4) is 0 Å².